The highest BCUT2D eigenvalue weighted by Crippen LogP contribution is 2.45. The molecule has 262 valence electrons. The Morgan fingerprint density at radius 2 is 1.04 bits per heavy atom. The first-order chi connectivity index (χ1) is 22.1. The molecule has 1 fully saturated rings. The van der Waals surface area contributed by atoms with Crippen molar-refractivity contribution in [3.05, 3.63) is 93.0 Å². The van der Waals surface area contributed by atoms with E-state index in [1.54, 1.807) is 0 Å². The van der Waals surface area contributed by atoms with Crippen molar-refractivity contribution in [2.45, 2.75) is 82.3 Å². The summed E-state index contributed by atoms with van der Waals surface area (Å²) in [7, 11) is 0. The third-order valence-electron chi connectivity index (χ3n) is 8.36. The zero-order valence-corrected chi connectivity index (χ0v) is 24.8. The van der Waals surface area contributed by atoms with E-state index >= 15 is 0 Å². The molecule has 2 aliphatic rings. The molecule has 0 bridgehead atoms. The summed E-state index contributed by atoms with van der Waals surface area (Å²) in [5.74, 6) is -0.432. The van der Waals surface area contributed by atoms with Crippen molar-refractivity contribution in [1.29, 1.82) is 0 Å². The van der Waals surface area contributed by atoms with E-state index in [-0.39, 0.29) is 35.7 Å². The number of ether oxygens (including phenoxy) is 2. The maximum atomic E-state index is 13.4. The van der Waals surface area contributed by atoms with E-state index in [0.29, 0.717) is 61.2 Å². The van der Waals surface area contributed by atoms with Crippen molar-refractivity contribution in [3.8, 4) is 11.5 Å². The molecule has 1 saturated heterocycles. The molecule has 0 unspecified atom stereocenters. The van der Waals surface area contributed by atoms with Crippen LogP contribution in [0.1, 0.15) is 70.3 Å². The number of halogens is 12. The number of hydrogen-bond acceptors (Lipinski definition) is 4. The molecule has 0 aromatic heterocycles. The van der Waals surface area contributed by atoms with E-state index in [4.69, 9.17) is 9.47 Å². The minimum absolute atomic E-state index is 0.0400. The smallest absolute Gasteiger partial charge is 0.416 e. The quantitative estimate of drug-likeness (QED) is 0.260. The van der Waals surface area contributed by atoms with Crippen LogP contribution in [-0.2, 0) is 44.3 Å². The number of nitrogens with zero attached hydrogens (tertiary/aromatic N) is 1. The van der Waals surface area contributed by atoms with Crippen LogP contribution in [0.3, 0.4) is 0 Å². The van der Waals surface area contributed by atoms with Crippen LogP contribution in [0.5, 0.6) is 11.5 Å². The molecule has 1 N–H and O–H groups in total. The lowest BCUT2D eigenvalue weighted by Gasteiger charge is -2.46. The van der Waals surface area contributed by atoms with Crippen LogP contribution in [0.15, 0.2) is 48.5 Å². The van der Waals surface area contributed by atoms with Gasteiger partial charge in [0.25, 0.3) is 0 Å². The van der Waals surface area contributed by atoms with Crippen LogP contribution in [0.25, 0.3) is 0 Å². The molecular weight excluding hydrogens is 674 g/mol. The molecule has 48 heavy (non-hydrogen) atoms. The molecule has 16 heteroatoms. The molecule has 4 nitrogen and oxygen atoms in total. The lowest BCUT2D eigenvalue weighted by Crippen LogP contribution is -2.48. The highest BCUT2D eigenvalue weighted by molar-refractivity contribution is 5.50. The summed E-state index contributed by atoms with van der Waals surface area (Å²) in [5.41, 5.74) is -6.07. The first-order valence-corrected chi connectivity index (χ1v) is 14.5. The minimum Gasteiger partial charge on any atom is -0.485 e. The number of alkyl halides is 12. The number of rotatable bonds is 6. The lowest BCUT2D eigenvalue weighted by molar-refractivity contribution is -0.144. The van der Waals surface area contributed by atoms with Gasteiger partial charge in [-0.05, 0) is 97.0 Å². The Labute approximate surface area is 265 Å². The van der Waals surface area contributed by atoms with Gasteiger partial charge < -0.3 is 14.6 Å². The Morgan fingerprint density at radius 1 is 0.625 bits per heavy atom. The second kappa shape index (κ2) is 12.7. The summed E-state index contributed by atoms with van der Waals surface area (Å²) in [6.45, 7) is 0.788. The monoisotopic (exact) mass is 701 g/mol. The molecular formula is C32H27F12NO3. The number of piperidine rings is 1. The second-order valence-corrected chi connectivity index (χ2v) is 11.9. The number of hydrogen-bond donors (Lipinski definition) is 1. The molecule has 0 spiro atoms. The Morgan fingerprint density at radius 3 is 1.46 bits per heavy atom. The Hall–Kier alpha value is -3.66. The molecule has 3 aromatic rings. The number of fused-ring (bicyclic) bond motifs is 3. The molecule has 0 radical (unpaired) electrons. The van der Waals surface area contributed by atoms with Gasteiger partial charge >= 0.3 is 24.7 Å². The predicted molar refractivity (Wildman–Crippen MR) is 146 cm³/mol. The Kier molecular flexibility index (Phi) is 9.40. The van der Waals surface area contributed by atoms with Gasteiger partial charge in [0.15, 0.2) is 11.5 Å². The largest absolute Gasteiger partial charge is 0.485 e. The number of aliphatic hydroxyl groups is 1. The van der Waals surface area contributed by atoms with E-state index in [1.165, 1.54) is 12.1 Å². The average molecular weight is 702 g/mol. The van der Waals surface area contributed by atoms with E-state index in [2.05, 4.69) is 4.90 Å². The fourth-order valence-electron chi connectivity index (χ4n) is 6.15. The highest BCUT2D eigenvalue weighted by atomic mass is 19.4. The van der Waals surface area contributed by atoms with Crippen molar-refractivity contribution >= 4 is 0 Å². The van der Waals surface area contributed by atoms with E-state index in [9.17, 15) is 57.8 Å². The van der Waals surface area contributed by atoms with E-state index in [1.807, 2.05) is 6.92 Å². The van der Waals surface area contributed by atoms with Crippen LogP contribution in [0, 0.1) is 0 Å². The molecule has 2 heterocycles. The summed E-state index contributed by atoms with van der Waals surface area (Å²) in [6, 6.07) is 4.24. The first kappa shape index (κ1) is 35.6. The van der Waals surface area contributed by atoms with Gasteiger partial charge in [-0.3, -0.25) is 4.90 Å². The maximum Gasteiger partial charge on any atom is 0.416 e. The average Bonchev–Trinajstić information content (AvgIpc) is 2.96. The van der Waals surface area contributed by atoms with Gasteiger partial charge in [0, 0.05) is 18.6 Å². The molecule has 3 aromatic carbocycles. The van der Waals surface area contributed by atoms with Crippen LogP contribution in [0.4, 0.5) is 52.7 Å². The molecule has 0 aliphatic carbocycles. The third kappa shape index (κ3) is 7.96. The number of aliphatic hydroxyl groups excluding tert-OH is 1. The van der Waals surface area contributed by atoms with Gasteiger partial charge in [-0.1, -0.05) is 0 Å². The van der Waals surface area contributed by atoms with Gasteiger partial charge in [-0.15, -0.1) is 0 Å². The highest BCUT2D eigenvalue weighted by Gasteiger charge is 2.40. The Balaban J connectivity index is 1.53. The predicted octanol–water partition coefficient (Wildman–Crippen LogP) is 9.36. The van der Waals surface area contributed by atoms with Crippen LogP contribution in [-0.4, -0.2) is 28.7 Å². The van der Waals surface area contributed by atoms with E-state index < -0.39 is 77.4 Å². The fourth-order valence-corrected chi connectivity index (χ4v) is 6.15. The van der Waals surface area contributed by atoms with Crippen LogP contribution in [0.2, 0.25) is 0 Å². The zero-order valence-electron chi connectivity index (χ0n) is 24.8. The SMILES string of the molecule is C[C@@H]1C[C@@H](O)C[C@H]2c3cc(OCc4cc(C(F)(F)F)cc(C(F)(F)F)c4)c(OCc4cc(C(F)(F)F)cc(C(F)(F)F)c4)cc3CCN12. The molecule has 0 amide bonds. The molecule has 2 aliphatic heterocycles. The van der Waals surface area contributed by atoms with Gasteiger partial charge in [0.1, 0.15) is 13.2 Å². The maximum absolute atomic E-state index is 13.4. The Bertz CT molecular complexity index is 1580. The molecule has 0 saturated carbocycles. The standard InChI is InChI=1S/C32H27F12NO3/c1-16-4-24(46)12-26-25-13-28(48-15-18-7-22(31(39,40)41)11-23(8-18)32(42,43)44)27(9-19(25)2-3-45(16)26)47-14-17-5-20(29(33,34)35)10-21(6-17)30(36,37)38/h5-11,13,16,24,26,46H,2-4,12,14-15H2,1H3/t16-,24-,26+/m1/s1. The van der Waals surface area contributed by atoms with Crippen molar-refractivity contribution in [3.63, 3.8) is 0 Å². The zero-order chi connectivity index (χ0) is 35.4. The van der Waals surface area contributed by atoms with Crippen molar-refractivity contribution in [1.82, 2.24) is 4.90 Å². The summed E-state index contributed by atoms with van der Waals surface area (Å²) >= 11 is 0. The normalized spacial score (nSPS) is 20.7. The van der Waals surface area contributed by atoms with Crippen LogP contribution < -0.4 is 9.47 Å². The van der Waals surface area contributed by atoms with Gasteiger partial charge in [-0.25, -0.2) is 0 Å². The summed E-state index contributed by atoms with van der Waals surface area (Å²) < 4.78 is 173. The molecule has 3 atom stereocenters. The molecule has 5 rings (SSSR count). The third-order valence-corrected chi connectivity index (χ3v) is 8.36. The van der Waals surface area contributed by atoms with Gasteiger partial charge in [0.05, 0.1) is 28.4 Å². The van der Waals surface area contributed by atoms with Crippen molar-refractivity contribution in [2.75, 3.05) is 6.54 Å². The second-order valence-electron chi connectivity index (χ2n) is 11.9. The first-order valence-electron chi connectivity index (χ1n) is 14.5. The number of benzene rings is 3. The lowest BCUT2D eigenvalue weighted by atomic mass is 9.83. The summed E-state index contributed by atoms with van der Waals surface area (Å²) in [4.78, 5) is 2.11. The summed E-state index contributed by atoms with van der Waals surface area (Å²) in [6.07, 6.45) is -20.0. The topological polar surface area (TPSA) is 41.9 Å². The van der Waals surface area contributed by atoms with Gasteiger partial charge in [-0.2, -0.15) is 52.7 Å². The fraction of sp³-hybridized carbons (Fsp3) is 0.438. The minimum atomic E-state index is -5.13. The summed E-state index contributed by atoms with van der Waals surface area (Å²) in [5, 5.41) is 10.4. The van der Waals surface area contributed by atoms with E-state index in [0.717, 1.165) is 0 Å². The van der Waals surface area contributed by atoms with Crippen molar-refractivity contribution < 1.29 is 67.3 Å². The van der Waals surface area contributed by atoms with Gasteiger partial charge in [0.2, 0.25) is 0 Å². The van der Waals surface area contributed by atoms with Crippen molar-refractivity contribution in [2.24, 2.45) is 0 Å². The van der Waals surface area contributed by atoms with Crippen LogP contribution >= 0.6 is 0 Å².